The lowest BCUT2D eigenvalue weighted by Crippen LogP contribution is -2.30. The van der Waals surface area contributed by atoms with Gasteiger partial charge in [0.1, 0.15) is 5.75 Å². The first-order valence-electron chi connectivity index (χ1n) is 7.56. The fourth-order valence-electron chi connectivity index (χ4n) is 2.52. The minimum Gasteiger partial charge on any atom is -0.496 e. The topological polar surface area (TPSA) is 63.7 Å². The molecule has 2 aromatic rings. The molecule has 0 saturated carbocycles. The van der Waals surface area contributed by atoms with Crippen molar-refractivity contribution in [3.05, 3.63) is 58.6 Å². The molecule has 0 spiro atoms. The summed E-state index contributed by atoms with van der Waals surface area (Å²) < 4.78 is 29.0. The number of hydrogen-bond acceptors (Lipinski definition) is 4. The Morgan fingerprint density at radius 2 is 1.84 bits per heavy atom. The van der Waals surface area contributed by atoms with E-state index in [1.54, 1.807) is 14.2 Å². The Labute approximate surface area is 153 Å². The molecule has 0 fully saturated rings. The van der Waals surface area contributed by atoms with Gasteiger partial charge in [0.2, 0.25) is 0 Å². The number of hydrogen-bond donors (Lipinski definition) is 0. The lowest BCUT2D eigenvalue weighted by atomic mass is 10.0. The van der Waals surface area contributed by atoms with E-state index in [0.717, 1.165) is 11.8 Å². The highest BCUT2D eigenvalue weighted by atomic mass is 35.5. The van der Waals surface area contributed by atoms with Crippen LogP contribution in [0.4, 0.5) is 0 Å². The molecule has 0 saturated heterocycles. The van der Waals surface area contributed by atoms with Gasteiger partial charge in [-0.15, -0.1) is 0 Å². The van der Waals surface area contributed by atoms with Crippen LogP contribution >= 0.6 is 11.6 Å². The summed E-state index contributed by atoms with van der Waals surface area (Å²) in [5.74, 6) is 0.377. The van der Waals surface area contributed by atoms with Gasteiger partial charge < -0.3 is 9.64 Å². The molecule has 0 radical (unpaired) electrons. The number of rotatable bonds is 5. The minimum atomic E-state index is -3.52. The molecule has 2 rings (SSSR count). The first kappa shape index (κ1) is 19.3. The highest BCUT2D eigenvalue weighted by Crippen LogP contribution is 2.30. The molecule has 1 atom stereocenters. The number of carbonyl (C=O) groups excluding carboxylic acids is 1. The number of halogens is 1. The molecule has 134 valence electrons. The van der Waals surface area contributed by atoms with Gasteiger partial charge in [-0.3, -0.25) is 4.79 Å². The van der Waals surface area contributed by atoms with Crippen LogP contribution in [-0.4, -0.2) is 39.6 Å². The SMILES string of the molecule is COc1ccccc1[C@@H](C)N(C)C(=O)c1ccc(Cl)c(S(C)(=O)=O)c1. The second-order valence-corrected chi connectivity index (χ2v) is 8.14. The maximum atomic E-state index is 12.8. The van der Waals surface area contributed by atoms with Crippen molar-refractivity contribution in [2.45, 2.75) is 17.9 Å². The Bertz CT molecular complexity index is 896. The van der Waals surface area contributed by atoms with Crippen LogP contribution in [0.2, 0.25) is 5.02 Å². The number of sulfone groups is 1. The first-order valence-corrected chi connectivity index (χ1v) is 9.83. The molecule has 0 aromatic heterocycles. The fourth-order valence-corrected chi connectivity index (χ4v) is 3.82. The molecule has 0 aliphatic carbocycles. The Morgan fingerprint density at radius 1 is 1.20 bits per heavy atom. The van der Waals surface area contributed by atoms with Crippen molar-refractivity contribution < 1.29 is 17.9 Å². The van der Waals surface area contributed by atoms with Crippen LogP contribution in [0, 0.1) is 0 Å². The molecule has 5 nitrogen and oxygen atoms in total. The lowest BCUT2D eigenvalue weighted by molar-refractivity contribution is 0.0741. The zero-order chi connectivity index (χ0) is 18.8. The molecule has 0 N–H and O–H groups in total. The number of amides is 1. The summed E-state index contributed by atoms with van der Waals surface area (Å²) in [5, 5.41) is 0.0967. The van der Waals surface area contributed by atoms with Gasteiger partial charge in [0, 0.05) is 24.4 Å². The molecule has 0 unspecified atom stereocenters. The van der Waals surface area contributed by atoms with E-state index in [1.807, 2.05) is 31.2 Å². The Kier molecular flexibility index (Phi) is 5.75. The molecular formula is C18H20ClNO4S. The van der Waals surface area contributed by atoms with E-state index < -0.39 is 9.84 Å². The highest BCUT2D eigenvalue weighted by molar-refractivity contribution is 7.90. The predicted molar refractivity (Wildman–Crippen MR) is 98.1 cm³/mol. The average Bonchev–Trinajstić information content (AvgIpc) is 2.59. The molecule has 0 heterocycles. The van der Waals surface area contributed by atoms with Gasteiger partial charge >= 0.3 is 0 Å². The number of carbonyl (C=O) groups is 1. The summed E-state index contributed by atoms with van der Waals surface area (Å²) in [6.07, 6.45) is 1.06. The quantitative estimate of drug-likeness (QED) is 0.794. The van der Waals surface area contributed by atoms with Crippen molar-refractivity contribution in [1.82, 2.24) is 4.90 Å². The van der Waals surface area contributed by atoms with Crippen LogP contribution in [0.25, 0.3) is 0 Å². The van der Waals surface area contributed by atoms with E-state index in [2.05, 4.69) is 0 Å². The van der Waals surface area contributed by atoms with Crippen LogP contribution in [0.3, 0.4) is 0 Å². The van der Waals surface area contributed by atoms with Crippen molar-refractivity contribution in [2.75, 3.05) is 20.4 Å². The number of benzene rings is 2. The van der Waals surface area contributed by atoms with Gasteiger partial charge in [-0.25, -0.2) is 8.42 Å². The van der Waals surface area contributed by atoms with Crippen LogP contribution in [0.15, 0.2) is 47.4 Å². The maximum Gasteiger partial charge on any atom is 0.254 e. The zero-order valence-corrected chi connectivity index (χ0v) is 16.1. The number of ether oxygens (including phenoxy) is 1. The van der Waals surface area contributed by atoms with Gasteiger partial charge in [0.25, 0.3) is 5.91 Å². The summed E-state index contributed by atoms with van der Waals surface area (Å²) in [6, 6.07) is 11.4. The summed E-state index contributed by atoms with van der Waals surface area (Å²) in [7, 11) is -0.286. The third-order valence-electron chi connectivity index (χ3n) is 4.07. The van der Waals surface area contributed by atoms with Crippen LogP contribution in [-0.2, 0) is 9.84 Å². The monoisotopic (exact) mass is 381 g/mol. The van der Waals surface area contributed by atoms with E-state index >= 15 is 0 Å². The first-order chi connectivity index (χ1) is 11.7. The van der Waals surface area contributed by atoms with Crippen LogP contribution < -0.4 is 4.74 Å². The third-order valence-corrected chi connectivity index (χ3v) is 5.65. The highest BCUT2D eigenvalue weighted by Gasteiger charge is 2.23. The number of para-hydroxylation sites is 1. The van der Waals surface area contributed by atoms with E-state index in [4.69, 9.17) is 16.3 Å². The lowest BCUT2D eigenvalue weighted by Gasteiger charge is -2.27. The Hall–Kier alpha value is -2.05. The maximum absolute atomic E-state index is 12.8. The molecule has 1 amide bonds. The van der Waals surface area contributed by atoms with Crippen LogP contribution in [0.1, 0.15) is 28.9 Å². The smallest absolute Gasteiger partial charge is 0.254 e. The summed E-state index contributed by atoms with van der Waals surface area (Å²) in [5.41, 5.74) is 1.12. The van der Waals surface area contributed by atoms with Crippen molar-refractivity contribution in [2.24, 2.45) is 0 Å². The van der Waals surface area contributed by atoms with Gasteiger partial charge in [-0.1, -0.05) is 29.8 Å². The van der Waals surface area contributed by atoms with Gasteiger partial charge in [0.05, 0.1) is 23.1 Å². The molecular weight excluding hydrogens is 362 g/mol. The van der Waals surface area contributed by atoms with Gasteiger partial charge in [-0.2, -0.15) is 0 Å². The second-order valence-electron chi connectivity index (χ2n) is 5.75. The molecule has 0 aliphatic rings. The largest absolute Gasteiger partial charge is 0.496 e. The van der Waals surface area contributed by atoms with E-state index in [-0.39, 0.29) is 27.4 Å². The zero-order valence-electron chi connectivity index (χ0n) is 14.5. The molecule has 0 bridgehead atoms. The minimum absolute atomic E-state index is 0.0571. The van der Waals surface area contributed by atoms with E-state index in [0.29, 0.717) is 5.75 Å². The molecule has 7 heteroatoms. The Morgan fingerprint density at radius 3 is 2.44 bits per heavy atom. The van der Waals surface area contributed by atoms with Crippen LogP contribution in [0.5, 0.6) is 5.75 Å². The van der Waals surface area contributed by atoms with Gasteiger partial charge in [0.15, 0.2) is 9.84 Å². The standard InChI is InChI=1S/C18H20ClNO4S/c1-12(14-7-5-6-8-16(14)24-3)20(2)18(21)13-9-10-15(19)17(11-13)25(4,22)23/h5-12H,1-4H3/t12-/m1/s1. The molecule has 2 aromatic carbocycles. The Balaban J connectivity index is 2.37. The third kappa shape index (κ3) is 4.14. The van der Waals surface area contributed by atoms with Gasteiger partial charge in [-0.05, 0) is 31.2 Å². The normalized spacial score (nSPS) is 12.5. The van der Waals surface area contributed by atoms with Crippen molar-refractivity contribution in [1.29, 1.82) is 0 Å². The number of methoxy groups -OCH3 is 1. The summed E-state index contributed by atoms with van der Waals surface area (Å²) in [4.78, 5) is 14.3. The molecule has 25 heavy (non-hydrogen) atoms. The fraction of sp³-hybridized carbons (Fsp3) is 0.278. The van der Waals surface area contributed by atoms with E-state index in [1.165, 1.54) is 23.1 Å². The van der Waals surface area contributed by atoms with E-state index in [9.17, 15) is 13.2 Å². The number of nitrogens with zero attached hydrogens (tertiary/aromatic N) is 1. The summed E-state index contributed by atoms with van der Waals surface area (Å²) >= 11 is 5.94. The average molecular weight is 382 g/mol. The molecule has 0 aliphatic heterocycles. The van der Waals surface area contributed by atoms with Crippen molar-refractivity contribution >= 4 is 27.3 Å². The van der Waals surface area contributed by atoms with Crippen molar-refractivity contribution in [3.63, 3.8) is 0 Å². The predicted octanol–water partition coefficient (Wildman–Crippen LogP) is 3.59. The summed E-state index contributed by atoms with van der Waals surface area (Å²) in [6.45, 7) is 1.88. The second kappa shape index (κ2) is 7.45. The van der Waals surface area contributed by atoms with Crippen molar-refractivity contribution in [3.8, 4) is 5.75 Å².